The molecule has 0 aliphatic carbocycles. The Balaban J connectivity index is 1.64. The Hall–Kier alpha value is -2.21. The van der Waals surface area contributed by atoms with Gasteiger partial charge in [0, 0.05) is 50.4 Å². The van der Waals surface area contributed by atoms with Crippen LogP contribution in [0.25, 0.3) is 0 Å². The van der Waals surface area contributed by atoms with Crippen molar-refractivity contribution in [1.82, 2.24) is 19.8 Å². The van der Waals surface area contributed by atoms with Crippen molar-refractivity contribution in [1.29, 1.82) is 0 Å². The van der Waals surface area contributed by atoms with Gasteiger partial charge in [0.2, 0.25) is 0 Å². The number of carbonyl (C=O) groups excluding carboxylic acids is 1. The quantitative estimate of drug-likeness (QED) is 0.914. The number of imidazole rings is 1. The number of rotatable bonds is 4. The van der Waals surface area contributed by atoms with Gasteiger partial charge in [0.25, 0.3) is 5.91 Å². The largest absolute Gasteiger partial charge is 0.346 e. The van der Waals surface area contributed by atoms with Crippen molar-refractivity contribution in [2.24, 2.45) is 0 Å². The second-order valence-electron chi connectivity index (χ2n) is 7.05. The van der Waals surface area contributed by atoms with E-state index in [4.69, 9.17) is 0 Å². The Kier molecular flexibility index (Phi) is 5.71. The molecule has 5 nitrogen and oxygen atoms in total. The number of aromatic amines is 1. The highest BCUT2D eigenvalue weighted by Gasteiger charge is 2.22. The predicted molar refractivity (Wildman–Crippen MR) is 99.6 cm³/mol. The summed E-state index contributed by atoms with van der Waals surface area (Å²) < 4.78 is 13.6. The average Bonchev–Trinajstić information content (AvgIpc) is 2.80. The second kappa shape index (κ2) is 7.99. The highest BCUT2D eigenvalue weighted by molar-refractivity contribution is 5.94. The van der Waals surface area contributed by atoms with Crippen molar-refractivity contribution in [3.8, 4) is 0 Å². The monoisotopic (exact) mass is 358 g/mol. The minimum atomic E-state index is -0.356. The van der Waals surface area contributed by atoms with E-state index in [0.717, 1.165) is 55.3 Å². The molecule has 0 atom stereocenters. The normalized spacial score (nSPS) is 15.9. The standard InChI is InChI=1S/C20H27FN4O/c1-4-19-22-15(3)18(23-19)13-24-6-5-7-25(9-8-24)20(26)16-10-14(2)11-17(21)12-16/h10-12H,4-9,13H2,1-3H3,(H,22,23). The van der Waals surface area contributed by atoms with Crippen molar-refractivity contribution in [2.45, 2.75) is 40.2 Å². The van der Waals surface area contributed by atoms with E-state index in [0.29, 0.717) is 18.7 Å². The highest BCUT2D eigenvalue weighted by atomic mass is 19.1. The fraction of sp³-hybridized carbons (Fsp3) is 0.500. The summed E-state index contributed by atoms with van der Waals surface area (Å²) in [5.74, 6) is 0.579. The van der Waals surface area contributed by atoms with E-state index in [1.165, 1.54) is 12.1 Å². The lowest BCUT2D eigenvalue weighted by molar-refractivity contribution is 0.0760. The Labute approximate surface area is 154 Å². The van der Waals surface area contributed by atoms with Crippen LogP contribution in [0.3, 0.4) is 0 Å². The van der Waals surface area contributed by atoms with Gasteiger partial charge < -0.3 is 9.88 Å². The molecule has 6 heteroatoms. The Bertz CT molecular complexity index is 766. The lowest BCUT2D eigenvalue weighted by Gasteiger charge is -2.22. The van der Waals surface area contributed by atoms with Crippen LogP contribution in [0.1, 0.15) is 46.5 Å². The lowest BCUT2D eigenvalue weighted by atomic mass is 10.1. The van der Waals surface area contributed by atoms with Crippen LogP contribution >= 0.6 is 0 Å². The average molecular weight is 358 g/mol. The number of nitrogens with one attached hydrogen (secondary N) is 1. The summed E-state index contributed by atoms with van der Waals surface area (Å²) in [6.07, 6.45) is 1.81. The number of carbonyl (C=O) groups is 1. The Morgan fingerprint density at radius 3 is 2.69 bits per heavy atom. The van der Waals surface area contributed by atoms with Crippen molar-refractivity contribution < 1.29 is 9.18 Å². The molecule has 1 N–H and O–H groups in total. The summed E-state index contributed by atoms with van der Waals surface area (Å²) in [4.78, 5) is 24.9. The molecule has 0 saturated carbocycles. The van der Waals surface area contributed by atoms with Gasteiger partial charge in [-0.15, -0.1) is 0 Å². The van der Waals surface area contributed by atoms with Gasteiger partial charge in [0.15, 0.2) is 0 Å². The third-order valence-corrected chi connectivity index (χ3v) is 4.91. The number of hydrogen-bond acceptors (Lipinski definition) is 3. The fourth-order valence-electron chi connectivity index (χ4n) is 3.47. The number of aryl methyl sites for hydroxylation is 3. The molecule has 1 aromatic heterocycles. The summed E-state index contributed by atoms with van der Waals surface area (Å²) in [5.41, 5.74) is 3.41. The highest BCUT2D eigenvalue weighted by Crippen LogP contribution is 2.15. The number of hydrogen-bond donors (Lipinski definition) is 1. The van der Waals surface area contributed by atoms with E-state index in [-0.39, 0.29) is 11.7 Å². The topological polar surface area (TPSA) is 52.2 Å². The van der Waals surface area contributed by atoms with Gasteiger partial charge in [-0.05, 0) is 44.0 Å². The molecule has 2 aromatic rings. The number of halogens is 1. The predicted octanol–water partition coefficient (Wildman–Crippen LogP) is 3.08. The first-order chi connectivity index (χ1) is 12.5. The zero-order valence-electron chi connectivity index (χ0n) is 15.8. The van der Waals surface area contributed by atoms with E-state index in [1.54, 1.807) is 13.0 Å². The summed E-state index contributed by atoms with van der Waals surface area (Å²) in [6.45, 7) is 9.83. The van der Waals surface area contributed by atoms with Gasteiger partial charge in [-0.3, -0.25) is 9.69 Å². The van der Waals surface area contributed by atoms with Gasteiger partial charge in [0.1, 0.15) is 11.6 Å². The number of H-pyrrole nitrogens is 1. The molecule has 3 rings (SSSR count). The van der Waals surface area contributed by atoms with Crippen molar-refractivity contribution in [3.05, 3.63) is 52.4 Å². The van der Waals surface area contributed by atoms with Crippen LogP contribution in [0, 0.1) is 19.7 Å². The maximum atomic E-state index is 13.6. The molecule has 0 unspecified atom stereocenters. The summed E-state index contributed by atoms with van der Waals surface area (Å²) in [7, 11) is 0. The Morgan fingerprint density at radius 1 is 1.19 bits per heavy atom. The van der Waals surface area contributed by atoms with Crippen molar-refractivity contribution in [3.63, 3.8) is 0 Å². The van der Waals surface area contributed by atoms with Crippen LogP contribution in [-0.4, -0.2) is 51.9 Å². The molecule has 1 aliphatic rings. The van der Waals surface area contributed by atoms with Crippen LogP contribution in [0.4, 0.5) is 4.39 Å². The van der Waals surface area contributed by atoms with Crippen molar-refractivity contribution in [2.75, 3.05) is 26.2 Å². The molecule has 1 saturated heterocycles. The molecule has 1 aliphatic heterocycles. The lowest BCUT2D eigenvalue weighted by Crippen LogP contribution is -2.35. The number of amides is 1. The zero-order valence-corrected chi connectivity index (χ0v) is 15.8. The minimum Gasteiger partial charge on any atom is -0.346 e. The molecule has 0 spiro atoms. The van der Waals surface area contributed by atoms with E-state index in [2.05, 4.69) is 28.7 Å². The van der Waals surface area contributed by atoms with Gasteiger partial charge in [0.05, 0.1) is 5.69 Å². The third kappa shape index (κ3) is 4.30. The van der Waals surface area contributed by atoms with Crippen LogP contribution in [0.2, 0.25) is 0 Å². The molecular weight excluding hydrogens is 331 g/mol. The number of benzene rings is 1. The SMILES string of the molecule is CCc1nc(CN2CCCN(C(=O)c3cc(C)cc(F)c3)CC2)c(C)[nH]1. The van der Waals surface area contributed by atoms with Crippen LogP contribution in [0.15, 0.2) is 18.2 Å². The zero-order chi connectivity index (χ0) is 18.7. The Morgan fingerprint density at radius 2 is 2.00 bits per heavy atom. The first-order valence-corrected chi connectivity index (χ1v) is 9.29. The summed E-state index contributed by atoms with van der Waals surface area (Å²) in [6, 6.07) is 4.53. The number of aromatic nitrogens is 2. The van der Waals surface area contributed by atoms with E-state index in [1.807, 2.05) is 4.90 Å². The van der Waals surface area contributed by atoms with E-state index in [9.17, 15) is 9.18 Å². The van der Waals surface area contributed by atoms with Crippen LogP contribution < -0.4 is 0 Å². The maximum Gasteiger partial charge on any atom is 0.254 e. The fourth-order valence-corrected chi connectivity index (χ4v) is 3.47. The molecule has 2 heterocycles. The molecule has 26 heavy (non-hydrogen) atoms. The minimum absolute atomic E-state index is 0.0846. The molecule has 0 radical (unpaired) electrons. The first kappa shape index (κ1) is 18.6. The van der Waals surface area contributed by atoms with Gasteiger partial charge >= 0.3 is 0 Å². The molecule has 1 amide bonds. The molecule has 1 aromatic carbocycles. The summed E-state index contributed by atoms with van der Waals surface area (Å²) >= 11 is 0. The molecule has 140 valence electrons. The second-order valence-corrected chi connectivity index (χ2v) is 7.05. The van der Waals surface area contributed by atoms with Crippen LogP contribution in [0.5, 0.6) is 0 Å². The molecular formula is C20H27FN4O. The van der Waals surface area contributed by atoms with Gasteiger partial charge in [-0.25, -0.2) is 9.37 Å². The molecule has 0 bridgehead atoms. The molecule has 1 fully saturated rings. The van der Waals surface area contributed by atoms with E-state index < -0.39 is 0 Å². The summed E-state index contributed by atoms with van der Waals surface area (Å²) in [5, 5.41) is 0. The smallest absolute Gasteiger partial charge is 0.254 e. The van der Waals surface area contributed by atoms with Crippen molar-refractivity contribution >= 4 is 5.91 Å². The number of nitrogens with zero attached hydrogens (tertiary/aromatic N) is 3. The van der Waals surface area contributed by atoms with Gasteiger partial charge in [-0.2, -0.15) is 0 Å². The first-order valence-electron chi connectivity index (χ1n) is 9.29. The maximum absolute atomic E-state index is 13.6. The van der Waals surface area contributed by atoms with Crippen LogP contribution in [-0.2, 0) is 13.0 Å². The van der Waals surface area contributed by atoms with Gasteiger partial charge in [-0.1, -0.05) is 6.92 Å². The van der Waals surface area contributed by atoms with E-state index >= 15 is 0 Å². The third-order valence-electron chi connectivity index (χ3n) is 4.91.